The van der Waals surface area contributed by atoms with E-state index in [-0.39, 0.29) is 5.84 Å². The maximum atomic E-state index is 8.86. The molecule has 1 saturated carbocycles. The Morgan fingerprint density at radius 1 is 1.29 bits per heavy atom. The Morgan fingerprint density at radius 2 is 2.05 bits per heavy atom. The zero-order valence-corrected chi connectivity index (χ0v) is 12.6. The van der Waals surface area contributed by atoms with Gasteiger partial charge in [-0.05, 0) is 43.7 Å². The summed E-state index contributed by atoms with van der Waals surface area (Å²) in [7, 11) is 0. The third kappa shape index (κ3) is 2.96. The molecule has 5 heteroatoms. The Labute approximate surface area is 125 Å². The SMILES string of the molecule is Cc1cc(/C(N)=N/O)cc(N2CCC3CCCCC3C2)n1. The van der Waals surface area contributed by atoms with Gasteiger partial charge in [0.1, 0.15) is 5.82 Å². The summed E-state index contributed by atoms with van der Waals surface area (Å²) in [5.41, 5.74) is 7.37. The van der Waals surface area contributed by atoms with Crippen molar-refractivity contribution in [1.29, 1.82) is 0 Å². The van der Waals surface area contributed by atoms with Crippen molar-refractivity contribution in [3.63, 3.8) is 0 Å². The Morgan fingerprint density at radius 3 is 2.81 bits per heavy atom. The summed E-state index contributed by atoms with van der Waals surface area (Å²) >= 11 is 0. The number of hydrogen-bond acceptors (Lipinski definition) is 4. The summed E-state index contributed by atoms with van der Waals surface area (Å²) in [4.78, 5) is 7.01. The number of oxime groups is 1. The number of anilines is 1. The highest BCUT2D eigenvalue weighted by atomic mass is 16.4. The van der Waals surface area contributed by atoms with E-state index in [0.29, 0.717) is 0 Å². The van der Waals surface area contributed by atoms with Crippen LogP contribution in [0.1, 0.15) is 43.4 Å². The molecule has 2 atom stereocenters. The first-order valence-electron chi connectivity index (χ1n) is 7.89. The first-order valence-corrected chi connectivity index (χ1v) is 7.89. The molecule has 0 radical (unpaired) electrons. The number of fused-ring (bicyclic) bond motifs is 1. The quantitative estimate of drug-likeness (QED) is 0.379. The van der Waals surface area contributed by atoms with Gasteiger partial charge in [0.15, 0.2) is 5.84 Å². The number of piperidine rings is 1. The summed E-state index contributed by atoms with van der Waals surface area (Å²) in [6.45, 7) is 4.11. The van der Waals surface area contributed by atoms with Crippen molar-refractivity contribution in [3.05, 3.63) is 23.4 Å². The van der Waals surface area contributed by atoms with Crippen LogP contribution < -0.4 is 10.6 Å². The molecule has 1 saturated heterocycles. The normalized spacial score (nSPS) is 26.5. The third-order valence-electron chi connectivity index (χ3n) is 4.96. The molecular formula is C16H24N4O. The van der Waals surface area contributed by atoms with Crippen LogP contribution in [-0.4, -0.2) is 29.1 Å². The number of pyridine rings is 1. The molecule has 1 aromatic heterocycles. The Bertz CT molecular complexity index is 543. The summed E-state index contributed by atoms with van der Waals surface area (Å²) in [5.74, 6) is 2.82. The number of aromatic nitrogens is 1. The Kier molecular flexibility index (Phi) is 3.99. The molecule has 0 amide bonds. The molecule has 5 nitrogen and oxygen atoms in total. The van der Waals surface area contributed by atoms with Gasteiger partial charge in [-0.2, -0.15) is 0 Å². The van der Waals surface area contributed by atoms with Gasteiger partial charge in [-0.25, -0.2) is 4.98 Å². The average Bonchev–Trinajstić information content (AvgIpc) is 2.53. The molecule has 2 unspecified atom stereocenters. The lowest BCUT2D eigenvalue weighted by atomic mass is 9.75. The van der Waals surface area contributed by atoms with Crippen LogP contribution in [-0.2, 0) is 0 Å². The maximum Gasteiger partial charge on any atom is 0.170 e. The van der Waals surface area contributed by atoms with E-state index in [4.69, 9.17) is 10.9 Å². The van der Waals surface area contributed by atoms with Gasteiger partial charge >= 0.3 is 0 Å². The summed E-state index contributed by atoms with van der Waals surface area (Å²) in [6.07, 6.45) is 6.78. The van der Waals surface area contributed by atoms with E-state index in [1.807, 2.05) is 19.1 Å². The van der Waals surface area contributed by atoms with E-state index >= 15 is 0 Å². The molecule has 1 aliphatic heterocycles. The molecule has 2 aliphatic rings. The molecule has 0 aromatic carbocycles. The summed E-state index contributed by atoms with van der Waals surface area (Å²) in [5, 5.41) is 12.0. The van der Waals surface area contributed by atoms with E-state index in [1.54, 1.807) is 0 Å². The van der Waals surface area contributed by atoms with E-state index < -0.39 is 0 Å². The fourth-order valence-electron chi connectivity index (χ4n) is 3.83. The average molecular weight is 288 g/mol. The maximum absolute atomic E-state index is 8.86. The van der Waals surface area contributed by atoms with Gasteiger partial charge in [-0.3, -0.25) is 0 Å². The molecule has 0 bridgehead atoms. The van der Waals surface area contributed by atoms with Gasteiger partial charge in [-0.15, -0.1) is 0 Å². The smallest absolute Gasteiger partial charge is 0.170 e. The number of amidine groups is 1. The molecule has 2 heterocycles. The minimum absolute atomic E-state index is 0.148. The van der Waals surface area contributed by atoms with Gasteiger partial charge in [0.05, 0.1) is 0 Å². The molecule has 1 aromatic rings. The minimum Gasteiger partial charge on any atom is -0.409 e. The van der Waals surface area contributed by atoms with Crippen LogP contribution in [0.4, 0.5) is 5.82 Å². The molecule has 3 N–H and O–H groups in total. The number of rotatable bonds is 2. The molecular weight excluding hydrogens is 264 g/mol. The minimum atomic E-state index is 0.148. The van der Waals surface area contributed by atoms with Gasteiger partial charge < -0.3 is 15.8 Å². The highest BCUT2D eigenvalue weighted by Crippen LogP contribution is 2.37. The highest BCUT2D eigenvalue weighted by molar-refractivity contribution is 5.97. The fraction of sp³-hybridized carbons (Fsp3) is 0.625. The van der Waals surface area contributed by atoms with E-state index in [1.165, 1.54) is 32.1 Å². The zero-order valence-electron chi connectivity index (χ0n) is 12.6. The van der Waals surface area contributed by atoms with Crippen LogP contribution in [0.3, 0.4) is 0 Å². The lowest BCUT2D eigenvalue weighted by Crippen LogP contribution is -2.42. The lowest BCUT2D eigenvalue weighted by molar-refractivity contribution is 0.202. The summed E-state index contributed by atoms with van der Waals surface area (Å²) < 4.78 is 0. The van der Waals surface area contributed by atoms with Crippen LogP contribution in [0.2, 0.25) is 0 Å². The largest absolute Gasteiger partial charge is 0.409 e. The summed E-state index contributed by atoms with van der Waals surface area (Å²) in [6, 6.07) is 3.79. The van der Waals surface area contributed by atoms with Crippen LogP contribution in [0, 0.1) is 18.8 Å². The van der Waals surface area contributed by atoms with Crippen LogP contribution >= 0.6 is 0 Å². The molecule has 114 valence electrons. The van der Waals surface area contributed by atoms with E-state index in [0.717, 1.165) is 42.0 Å². The lowest BCUT2D eigenvalue weighted by Gasteiger charge is -2.42. The Hall–Kier alpha value is -1.78. The topological polar surface area (TPSA) is 74.7 Å². The van der Waals surface area contributed by atoms with Crippen molar-refractivity contribution in [2.24, 2.45) is 22.7 Å². The van der Waals surface area contributed by atoms with Gasteiger partial charge in [0, 0.05) is 24.3 Å². The van der Waals surface area contributed by atoms with Crippen molar-refractivity contribution in [3.8, 4) is 0 Å². The van der Waals surface area contributed by atoms with Crippen LogP contribution in [0.25, 0.3) is 0 Å². The molecule has 3 rings (SSSR count). The van der Waals surface area contributed by atoms with Crippen molar-refractivity contribution in [2.45, 2.75) is 39.0 Å². The predicted molar refractivity (Wildman–Crippen MR) is 83.8 cm³/mol. The molecule has 0 spiro atoms. The van der Waals surface area contributed by atoms with E-state index in [9.17, 15) is 0 Å². The number of aryl methyl sites for hydroxylation is 1. The Balaban J connectivity index is 1.82. The molecule has 21 heavy (non-hydrogen) atoms. The highest BCUT2D eigenvalue weighted by Gasteiger charge is 2.31. The van der Waals surface area contributed by atoms with Crippen LogP contribution in [0.15, 0.2) is 17.3 Å². The molecule has 1 aliphatic carbocycles. The molecule has 2 fully saturated rings. The van der Waals surface area contributed by atoms with Crippen molar-refractivity contribution < 1.29 is 5.21 Å². The van der Waals surface area contributed by atoms with Crippen LogP contribution in [0.5, 0.6) is 0 Å². The van der Waals surface area contributed by atoms with Crippen molar-refractivity contribution in [1.82, 2.24) is 4.98 Å². The monoisotopic (exact) mass is 288 g/mol. The van der Waals surface area contributed by atoms with Gasteiger partial charge in [0.2, 0.25) is 0 Å². The van der Waals surface area contributed by atoms with Gasteiger partial charge in [0.25, 0.3) is 0 Å². The number of hydrogen-bond donors (Lipinski definition) is 2. The fourth-order valence-corrected chi connectivity index (χ4v) is 3.83. The third-order valence-corrected chi connectivity index (χ3v) is 4.96. The number of nitrogens with zero attached hydrogens (tertiary/aromatic N) is 3. The zero-order chi connectivity index (χ0) is 14.8. The predicted octanol–water partition coefficient (Wildman–Crippen LogP) is 2.50. The number of nitrogens with two attached hydrogens (primary N) is 1. The first-order chi connectivity index (χ1) is 10.2. The van der Waals surface area contributed by atoms with E-state index in [2.05, 4.69) is 15.0 Å². The first kappa shape index (κ1) is 14.2. The second-order valence-electron chi connectivity index (χ2n) is 6.38. The van der Waals surface area contributed by atoms with Crippen molar-refractivity contribution in [2.75, 3.05) is 18.0 Å². The standard InChI is InChI=1S/C16H24N4O/c1-11-8-14(16(17)19-21)9-15(18-11)20-7-6-12-4-2-3-5-13(12)10-20/h8-9,12-13,21H,2-7,10H2,1H3,(H2,17,19). The second kappa shape index (κ2) is 5.92. The van der Waals surface area contributed by atoms with Crippen molar-refractivity contribution >= 4 is 11.7 Å². The second-order valence-corrected chi connectivity index (χ2v) is 6.38. The van der Waals surface area contributed by atoms with Gasteiger partial charge in [-0.1, -0.05) is 24.4 Å².